The number of amides is 1. The highest BCUT2D eigenvalue weighted by Gasteiger charge is 2.23. The molecule has 1 fully saturated rings. The van der Waals surface area contributed by atoms with Crippen molar-refractivity contribution in [2.24, 2.45) is 5.92 Å². The monoisotopic (exact) mass is 273 g/mol. The number of nitrogens with zero attached hydrogens (tertiary/aromatic N) is 3. The Hall–Kier alpha value is -1.95. The number of nitrogens with one attached hydrogen (secondary N) is 2. The van der Waals surface area contributed by atoms with Gasteiger partial charge in [0, 0.05) is 12.7 Å². The van der Waals surface area contributed by atoms with Crippen LogP contribution < -0.4 is 10.6 Å². The Morgan fingerprint density at radius 2 is 2.40 bits per heavy atom. The lowest BCUT2D eigenvalue weighted by Gasteiger charge is -2.23. The highest BCUT2D eigenvalue weighted by atomic mass is 16.2. The van der Waals surface area contributed by atoms with Crippen LogP contribution in [0.15, 0.2) is 24.4 Å². The van der Waals surface area contributed by atoms with Crippen LogP contribution >= 0.6 is 0 Å². The largest absolute Gasteiger partial charge is 0.346 e. The fraction of sp³-hybridized carbons (Fsp3) is 0.500. The van der Waals surface area contributed by atoms with Gasteiger partial charge in [-0.05, 0) is 38.4 Å². The molecule has 2 atom stereocenters. The van der Waals surface area contributed by atoms with Crippen molar-refractivity contribution < 1.29 is 4.79 Å². The van der Waals surface area contributed by atoms with Crippen molar-refractivity contribution in [3.8, 4) is 0 Å². The molecule has 0 aromatic carbocycles. The lowest BCUT2D eigenvalue weighted by molar-refractivity contribution is -0.126. The third kappa shape index (κ3) is 2.51. The third-order valence-corrected chi connectivity index (χ3v) is 3.75. The molecule has 1 aliphatic heterocycles. The van der Waals surface area contributed by atoms with Crippen LogP contribution in [0.25, 0.3) is 5.65 Å². The summed E-state index contributed by atoms with van der Waals surface area (Å²) < 4.78 is 1.91. The van der Waals surface area contributed by atoms with Crippen LogP contribution in [0.2, 0.25) is 0 Å². The number of rotatable bonds is 3. The van der Waals surface area contributed by atoms with Crippen LogP contribution in [0.4, 0.5) is 0 Å². The Morgan fingerprint density at radius 3 is 3.20 bits per heavy atom. The summed E-state index contributed by atoms with van der Waals surface area (Å²) in [5.74, 6) is 0.917. The normalized spacial score (nSPS) is 20.8. The first-order valence-corrected chi connectivity index (χ1v) is 7.06. The van der Waals surface area contributed by atoms with Gasteiger partial charge in [-0.1, -0.05) is 6.07 Å². The second kappa shape index (κ2) is 5.58. The maximum Gasteiger partial charge on any atom is 0.224 e. The van der Waals surface area contributed by atoms with E-state index in [0.29, 0.717) is 0 Å². The molecule has 0 bridgehead atoms. The first kappa shape index (κ1) is 13.1. The van der Waals surface area contributed by atoms with E-state index in [-0.39, 0.29) is 17.9 Å². The molecule has 20 heavy (non-hydrogen) atoms. The van der Waals surface area contributed by atoms with E-state index in [1.807, 2.05) is 35.7 Å². The van der Waals surface area contributed by atoms with Gasteiger partial charge in [0.1, 0.15) is 0 Å². The molecule has 106 valence electrons. The second-order valence-electron chi connectivity index (χ2n) is 5.26. The van der Waals surface area contributed by atoms with Crippen molar-refractivity contribution >= 4 is 11.6 Å². The van der Waals surface area contributed by atoms with Gasteiger partial charge in [-0.3, -0.25) is 9.20 Å². The average molecular weight is 273 g/mol. The van der Waals surface area contributed by atoms with Crippen molar-refractivity contribution in [3.05, 3.63) is 30.2 Å². The predicted octanol–water partition coefficient (Wildman–Crippen LogP) is 0.906. The van der Waals surface area contributed by atoms with E-state index in [2.05, 4.69) is 20.8 Å². The SMILES string of the molecule is CC(NC(=O)C1CCCNC1)c1nnc2ccccn12. The van der Waals surface area contributed by atoms with Crippen molar-refractivity contribution in [3.63, 3.8) is 0 Å². The minimum Gasteiger partial charge on any atom is -0.346 e. The molecule has 3 heterocycles. The van der Waals surface area contributed by atoms with Crippen LogP contribution in [0.3, 0.4) is 0 Å². The Labute approximate surface area is 117 Å². The predicted molar refractivity (Wildman–Crippen MR) is 75.1 cm³/mol. The Balaban J connectivity index is 1.72. The molecule has 1 aliphatic rings. The van der Waals surface area contributed by atoms with E-state index < -0.39 is 0 Å². The Kier molecular flexibility index (Phi) is 3.64. The molecule has 1 saturated heterocycles. The Morgan fingerprint density at radius 1 is 1.50 bits per heavy atom. The molecule has 2 N–H and O–H groups in total. The zero-order chi connectivity index (χ0) is 13.9. The van der Waals surface area contributed by atoms with Gasteiger partial charge >= 0.3 is 0 Å². The molecule has 3 rings (SSSR count). The highest BCUT2D eigenvalue weighted by molar-refractivity contribution is 5.79. The quantitative estimate of drug-likeness (QED) is 0.872. The molecular weight excluding hydrogens is 254 g/mol. The highest BCUT2D eigenvalue weighted by Crippen LogP contribution is 2.15. The number of carbonyl (C=O) groups is 1. The van der Waals surface area contributed by atoms with Gasteiger partial charge in [0.2, 0.25) is 5.91 Å². The first-order valence-electron chi connectivity index (χ1n) is 7.06. The molecule has 6 heteroatoms. The summed E-state index contributed by atoms with van der Waals surface area (Å²) in [6.07, 6.45) is 3.92. The second-order valence-corrected chi connectivity index (χ2v) is 5.26. The molecule has 2 aromatic heterocycles. The van der Waals surface area contributed by atoms with Crippen LogP contribution in [0.5, 0.6) is 0 Å². The maximum absolute atomic E-state index is 12.2. The summed E-state index contributed by atoms with van der Waals surface area (Å²) in [4.78, 5) is 12.2. The standard InChI is InChI=1S/C14H19N5O/c1-10(16-14(20)11-5-4-7-15-9-11)13-18-17-12-6-2-3-8-19(12)13/h2-3,6,8,10-11,15H,4-5,7,9H2,1H3,(H,16,20). The topological polar surface area (TPSA) is 71.3 Å². The fourth-order valence-corrected chi connectivity index (χ4v) is 2.63. The minimum atomic E-state index is -0.151. The van der Waals surface area contributed by atoms with Crippen LogP contribution in [-0.4, -0.2) is 33.6 Å². The molecule has 2 aromatic rings. The van der Waals surface area contributed by atoms with Crippen LogP contribution in [0, 0.1) is 5.92 Å². The zero-order valence-corrected chi connectivity index (χ0v) is 11.5. The fourth-order valence-electron chi connectivity index (χ4n) is 2.63. The molecule has 2 unspecified atom stereocenters. The minimum absolute atomic E-state index is 0.0605. The molecular formula is C14H19N5O. The average Bonchev–Trinajstić information content (AvgIpc) is 2.92. The molecule has 0 aliphatic carbocycles. The van der Waals surface area contributed by atoms with Crippen LogP contribution in [-0.2, 0) is 4.79 Å². The summed E-state index contributed by atoms with van der Waals surface area (Å²) in [5, 5.41) is 14.6. The molecule has 1 amide bonds. The first-order chi connectivity index (χ1) is 9.75. The summed E-state index contributed by atoms with van der Waals surface area (Å²) >= 11 is 0. The van der Waals surface area contributed by atoms with Crippen molar-refractivity contribution in [2.45, 2.75) is 25.8 Å². The number of fused-ring (bicyclic) bond motifs is 1. The van der Waals surface area contributed by atoms with Gasteiger partial charge in [-0.25, -0.2) is 0 Å². The van der Waals surface area contributed by atoms with Gasteiger partial charge < -0.3 is 10.6 Å². The summed E-state index contributed by atoms with van der Waals surface area (Å²) in [6.45, 7) is 3.71. The van der Waals surface area contributed by atoms with Gasteiger partial charge in [-0.2, -0.15) is 0 Å². The summed E-state index contributed by atoms with van der Waals surface area (Å²) in [6, 6.07) is 5.60. The van der Waals surface area contributed by atoms with E-state index >= 15 is 0 Å². The van der Waals surface area contributed by atoms with Gasteiger partial charge in [0.15, 0.2) is 11.5 Å². The summed E-state index contributed by atoms with van der Waals surface area (Å²) in [5.41, 5.74) is 0.794. The van der Waals surface area contributed by atoms with Crippen molar-refractivity contribution in [1.29, 1.82) is 0 Å². The lowest BCUT2D eigenvalue weighted by atomic mass is 9.98. The zero-order valence-electron chi connectivity index (χ0n) is 11.5. The lowest BCUT2D eigenvalue weighted by Crippen LogP contribution is -2.41. The van der Waals surface area contributed by atoms with Gasteiger partial charge in [0.25, 0.3) is 0 Å². The van der Waals surface area contributed by atoms with E-state index in [1.165, 1.54) is 0 Å². The van der Waals surface area contributed by atoms with Gasteiger partial charge in [0.05, 0.1) is 12.0 Å². The third-order valence-electron chi connectivity index (χ3n) is 3.75. The van der Waals surface area contributed by atoms with E-state index in [4.69, 9.17) is 0 Å². The summed E-state index contributed by atoms with van der Waals surface area (Å²) in [7, 11) is 0. The number of pyridine rings is 1. The van der Waals surface area contributed by atoms with E-state index in [0.717, 1.165) is 37.4 Å². The number of carbonyl (C=O) groups excluding carboxylic acids is 1. The molecule has 0 radical (unpaired) electrons. The molecule has 0 saturated carbocycles. The number of piperidine rings is 1. The van der Waals surface area contributed by atoms with E-state index in [1.54, 1.807) is 0 Å². The maximum atomic E-state index is 12.2. The van der Waals surface area contributed by atoms with Gasteiger partial charge in [-0.15, -0.1) is 10.2 Å². The Bertz CT molecular complexity index is 602. The van der Waals surface area contributed by atoms with Crippen molar-refractivity contribution in [2.75, 3.05) is 13.1 Å². The molecule has 0 spiro atoms. The number of aromatic nitrogens is 3. The van der Waals surface area contributed by atoms with E-state index in [9.17, 15) is 4.79 Å². The van der Waals surface area contributed by atoms with Crippen LogP contribution in [0.1, 0.15) is 31.6 Å². The number of hydrogen-bond donors (Lipinski definition) is 2. The molecule has 6 nitrogen and oxygen atoms in total. The smallest absolute Gasteiger partial charge is 0.224 e. The van der Waals surface area contributed by atoms with Crippen molar-refractivity contribution in [1.82, 2.24) is 25.2 Å². The number of hydrogen-bond acceptors (Lipinski definition) is 4.